The summed E-state index contributed by atoms with van der Waals surface area (Å²) in [6.45, 7) is 8.46. The zero-order valence-corrected chi connectivity index (χ0v) is 12.9. The summed E-state index contributed by atoms with van der Waals surface area (Å²) in [5.74, 6) is 0.596. The Morgan fingerprint density at radius 3 is 2.70 bits per heavy atom. The molecule has 4 nitrogen and oxygen atoms in total. The largest absolute Gasteiger partial charge is 0.481 e. The lowest BCUT2D eigenvalue weighted by Crippen LogP contribution is -2.37. The van der Waals surface area contributed by atoms with Crippen molar-refractivity contribution in [3.05, 3.63) is 29.3 Å². The number of nitrogens with one attached hydrogen (secondary N) is 1. The van der Waals surface area contributed by atoms with Gasteiger partial charge in [0, 0.05) is 18.2 Å². The van der Waals surface area contributed by atoms with E-state index >= 15 is 0 Å². The lowest BCUT2D eigenvalue weighted by Gasteiger charge is -2.19. The van der Waals surface area contributed by atoms with Gasteiger partial charge in [-0.3, -0.25) is 4.79 Å². The standard InChI is InChI=1S/C16H26N2O2/c1-5-6-9-18-16(19)13(4)20-15-8-7-11(2)10-14(15)12(3)17/h7-8,10,12-13H,5-6,9,17H2,1-4H3,(H,18,19)/t12-,13?/m1/s1. The van der Waals surface area contributed by atoms with Crippen molar-refractivity contribution in [3.63, 3.8) is 0 Å². The average molecular weight is 278 g/mol. The Morgan fingerprint density at radius 1 is 1.40 bits per heavy atom. The van der Waals surface area contributed by atoms with Gasteiger partial charge in [-0.1, -0.05) is 31.0 Å². The van der Waals surface area contributed by atoms with Crippen molar-refractivity contribution in [2.45, 2.75) is 52.7 Å². The Morgan fingerprint density at radius 2 is 2.10 bits per heavy atom. The fourth-order valence-electron chi connectivity index (χ4n) is 1.91. The van der Waals surface area contributed by atoms with Crippen LogP contribution >= 0.6 is 0 Å². The van der Waals surface area contributed by atoms with E-state index in [1.807, 2.05) is 32.0 Å². The van der Waals surface area contributed by atoms with Crippen LogP contribution in [0, 0.1) is 6.92 Å². The Labute approximate surface area is 121 Å². The molecule has 1 amide bonds. The Hall–Kier alpha value is -1.55. The summed E-state index contributed by atoms with van der Waals surface area (Å²) in [5.41, 5.74) is 8.01. The summed E-state index contributed by atoms with van der Waals surface area (Å²) < 4.78 is 5.76. The Bertz CT molecular complexity index is 444. The number of hydrogen-bond donors (Lipinski definition) is 2. The number of carbonyl (C=O) groups is 1. The van der Waals surface area contributed by atoms with E-state index in [1.165, 1.54) is 0 Å². The zero-order valence-electron chi connectivity index (χ0n) is 12.9. The van der Waals surface area contributed by atoms with Gasteiger partial charge in [0.05, 0.1) is 0 Å². The fraction of sp³-hybridized carbons (Fsp3) is 0.562. The molecular weight excluding hydrogens is 252 g/mol. The molecule has 0 bridgehead atoms. The molecule has 0 fully saturated rings. The van der Waals surface area contributed by atoms with Gasteiger partial charge in [0.15, 0.2) is 6.10 Å². The maximum absolute atomic E-state index is 11.9. The van der Waals surface area contributed by atoms with Gasteiger partial charge in [-0.05, 0) is 33.3 Å². The van der Waals surface area contributed by atoms with Crippen molar-refractivity contribution in [2.24, 2.45) is 5.73 Å². The van der Waals surface area contributed by atoms with Crippen molar-refractivity contribution in [1.82, 2.24) is 5.32 Å². The molecule has 1 aromatic carbocycles. The van der Waals surface area contributed by atoms with E-state index in [9.17, 15) is 4.79 Å². The van der Waals surface area contributed by atoms with E-state index in [0.29, 0.717) is 12.3 Å². The lowest BCUT2D eigenvalue weighted by molar-refractivity contribution is -0.127. The third kappa shape index (κ3) is 4.85. The van der Waals surface area contributed by atoms with Gasteiger partial charge in [0.1, 0.15) is 5.75 Å². The molecule has 2 atom stereocenters. The minimum absolute atomic E-state index is 0.0883. The number of ether oxygens (including phenoxy) is 1. The Kier molecular flexibility index (Phi) is 6.52. The molecule has 0 spiro atoms. The monoisotopic (exact) mass is 278 g/mol. The first kappa shape index (κ1) is 16.5. The molecular formula is C16H26N2O2. The first-order valence-corrected chi connectivity index (χ1v) is 7.26. The number of rotatable bonds is 7. The molecule has 112 valence electrons. The predicted molar refractivity (Wildman–Crippen MR) is 81.8 cm³/mol. The molecule has 0 saturated carbocycles. The highest BCUT2D eigenvalue weighted by atomic mass is 16.5. The second kappa shape index (κ2) is 7.90. The highest BCUT2D eigenvalue weighted by Gasteiger charge is 2.17. The summed E-state index contributed by atoms with van der Waals surface area (Å²) in [5, 5.41) is 2.87. The zero-order chi connectivity index (χ0) is 15.1. The molecule has 0 saturated heterocycles. The van der Waals surface area contributed by atoms with Crippen molar-refractivity contribution < 1.29 is 9.53 Å². The molecule has 3 N–H and O–H groups in total. The summed E-state index contributed by atoms with van der Waals surface area (Å²) in [6, 6.07) is 5.72. The van der Waals surface area contributed by atoms with E-state index in [-0.39, 0.29) is 11.9 Å². The molecule has 4 heteroatoms. The third-order valence-corrected chi connectivity index (χ3v) is 3.16. The summed E-state index contributed by atoms with van der Waals surface area (Å²) in [4.78, 5) is 11.9. The normalized spacial score (nSPS) is 13.7. The molecule has 0 aliphatic heterocycles. The van der Waals surface area contributed by atoms with Crippen LogP contribution in [0.5, 0.6) is 5.75 Å². The van der Waals surface area contributed by atoms with Crippen molar-refractivity contribution in [3.8, 4) is 5.75 Å². The number of carbonyl (C=O) groups excluding carboxylic acids is 1. The smallest absolute Gasteiger partial charge is 0.260 e. The average Bonchev–Trinajstić information content (AvgIpc) is 2.40. The highest BCUT2D eigenvalue weighted by molar-refractivity contribution is 5.80. The van der Waals surface area contributed by atoms with Gasteiger partial charge in [-0.15, -0.1) is 0 Å². The summed E-state index contributed by atoms with van der Waals surface area (Å²) in [7, 11) is 0. The maximum Gasteiger partial charge on any atom is 0.260 e. The molecule has 0 radical (unpaired) electrons. The number of nitrogens with two attached hydrogens (primary N) is 1. The predicted octanol–water partition coefficient (Wildman–Crippen LogP) is 2.70. The minimum Gasteiger partial charge on any atom is -0.481 e. The lowest BCUT2D eigenvalue weighted by atomic mass is 10.1. The van der Waals surface area contributed by atoms with Crippen LogP contribution in [-0.2, 0) is 4.79 Å². The van der Waals surface area contributed by atoms with Gasteiger partial charge < -0.3 is 15.8 Å². The van der Waals surface area contributed by atoms with Crippen LogP contribution in [0.3, 0.4) is 0 Å². The van der Waals surface area contributed by atoms with Gasteiger partial charge in [0.25, 0.3) is 5.91 Å². The van der Waals surface area contributed by atoms with Crippen LogP contribution in [0.15, 0.2) is 18.2 Å². The van der Waals surface area contributed by atoms with Crippen LogP contribution in [0.2, 0.25) is 0 Å². The van der Waals surface area contributed by atoms with Crippen LogP contribution in [0.1, 0.15) is 50.8 Å². The topological polar surface area (TPSA) is 64.3 Å². The molecule has 1 unspecified atom stereocenters. The van der Waals surface area contributed by atoms with Crippen molar-refractivity contribution >= 4 is 5.91 Å². The number of benzene rings is 1. The molecule has 0 aliphatic rings. The second-order valence-electron chi connectivity index (χ2n) is 5.23. The van der Waals surface area contributed by atoms with Crippen LogP contribution in [-0.4, -0.2) is 18.6 Å². The molecule has 0 heterocycles. The summed E-state index contributed by atoms with van der Waals surface area (Å²) in [6.07, 6.45) is 1.52. The van der Waals surface area contributed by atoms with Gasteiger partial charge in [-0.25, -0.2) is 0 Å². The van der Waals surface area contributed by atoms with E-state index in [4.69, 9.17) is 10.5 Å². The molecule has 1 aromatic rings. The quantitative estimate of drug-likeness (QED) is 0.754. The first-order chi connectivity index (χ1) is 9.45. The van der Waals surface area contributed by atoms with Crippen LogP contribution in [0.25, 0.3) is 0 Å². The maximum atomic E-state index is 11.9. The molecule has 0 aliphatic carbocycles. The molecule has 20 heavy (non-hydrogen) atoms. The van der Waals surface area contributed by atoms with Crippen molar-refractivity contribution in [1.29, 1.82) is 0 Å². The third-order valence-electron chi connectivity index (χ3n) is 3.16. The summed E-state index contributed by atoms with van der Waals surface area (Å²) >= 11 is 0. The fourth-order valence-corrected chi connectivity index (χ4v) is 1.91. The number of amides is 1. The number of hydrogen-bond acceptors (Lipinski definition) is 3. The van der Waals surface area contributed by atoms with Gasteiger partial charge in [-0.2, -0.15) is 0 Å². The van der Waals surface area contributed by atoms with Crippen LogP contribution < -0.4 is 15.8 Å². The SMILES string of the molecule is CCCCNC(=O)C(C)Oc1ccc(C)cc1[C@@H](C)N. The Balaban J connectivity index is 2.70. The number of unbranched alkanes of at least 4 members (excludes halogenated alkanes) is 1. The minimum atomic E-state index is -0.521. The van der Waals surface area contributed by atoms with Gasteiger partial charge >= 0.3 is 0 Å². The first-order valence-electron chi connectivity index (χ1n) is 7.26. The van der Waals surface area contributed by atoms with E-state index in [1.54, 1.807) is 6.92 Å². The van der Waals surface area contributed by atoms with E-state index < -0.39 is 6.10 Å². The van der Waals surface area contributed by atoms with E-state index in [2.05, 4.69) is 12.2 Å². The van der Waals surface area contributed by atoms with E-state index in [0.717, 1.165) is 24.0 Å². The highest BCUT2D eigenvalue weighted by Crippen LogP contribution is 2.25. The molecule has 0 aromatic heterocycles. The second-order valence-corrected chi connectivity index (χ2v) is 5.23. The number of aryl methyl sites for hydroxylation is 1. The van der Waals surface area contributed by atoms with Crippen LogP contribution in [0.4, 0.5) is 0 Å². The van der Waals surface area contributed by atoms with Gasteiger partial charge in [0.2, 0.25) is 0 Å². The van der Waals surface area contributed by atoms with Crippen molar-refractivity contribution in [2.75, 3.05) is 6.54 Å². The molecule has 1 rings (SSSR count).